The van der Waals surface area contributed by atoms with E-state index in [0.29, 0.717) is 68.9 Å². The Balaban J connectivity index is 1.01. The maximum Gasteiger partial charge on any atom is 0.329 e. The Kier molecular flexibility index (Phi) is 27.8. The number of benzene rings is 4. The molecule has 4 aromatic carbocycles. The number of nitrogens with one attached hydrogen (secondary N) is 6. The molecule has 4 heterocycles. The van der Waals surface area contributed by atoms with Gasteiger partial charge in [0.15, 0.2) is 17.3 Å². The van der Waals surface area contributed by atoms with Gasteiger partial charge in [0.1, 0.15) is 17.8 Å². The number of hydrogen-bond acceptors (Lipinski definition) is 19. The summed E-state index contributed by atoms with van der Waals surface area (Å²) in [7, 11) is 0. The maximum absolute atomic E-state index is 14.4. The molecule has 8 amide bonds. The van der Waals surface area contributed by atoms with Crippen LogP contribution in [0, 0.1) is 11.8 Å². The highest BCUT2D eigenvalue weighted by molar-refractivity contribution is 8.20. The lowest BCUT2D eigenvalue weighted by molar-refractivity contribution is -0.140. The van der Waals surface area contributed by atoms with Crippen LogP contribution in [0.5, 0.6) is 5.75 Å². The number of carboxylic acids is 2. The van der Waals surface area contributed by atoms with Crippen LogP contribution < -0.4 is 46.4 Å². The van der Waals surface area contributed by atoms with Crippen molar-refractivity contribution in [2.45, 2.75) is 121 Å². The molecule has 4 aliphatic rings. The number of alkyl halides is 2. The topological polar surface area (TPSA) is 386 Å². The van der Waals surface area contributed by atoms with E-state index in [1.807, 2.05) is 24.3 Å². The lowest BCUT2D eigenvalue weighted by Crippen LogP contribution is -2.61. The minimum atomic E-state index is -1.96. The first kappa shape index (κ1) is 77.0. The zero-order valence-corrected chi connectivity index (χ0v) is 58.4. The fourth-order valence-corrected chi connectivity index (χ4v) is 14.5. The van der Waals surface area contributed by atoms with Gasteiger partial charge in [0.25, 0.3) is 11.8 Å². The summed E-state index contributed by atoms with van der Waals surface area (Å²) in [5.41, 5.74) is 2.93. The summed E-state index contributed by atoms with van der Waals surface area (Å²) in [6.45, 7) is 5.19. The second-order valence-corrected chi connectivity index (χ2v) is 27.6. The van der Waals surface area contributed by atoms with Gasteiger partial charge in [0.2, 0.25) is 35.4 Å². The Morgan fingerprint density at radius 2 is 1.05 bits per heavy atom. The Morgan fingerprint density at radius 1 is 0.560 bits per heavy atom. The van der Waals surface area contributed by atoms with Gasteiger partial charge in [-0.1, -0.05) is 62.4 Å². The molecule has 4 bridgehead atoms. The second kappa shape index (κ2) is 36.0. The van der Waals surface area contributed by atoms with E-state index < -0.39 is 123 Å². The van der Waals surface area contributed by atoms with Gasteiger partial charge in [0.05, 0.1) is 59.0 Å². The van der Waals surface area contributed by atoms with Crippen LogP contribution in [0.25, 0.3) is 21.5 Å². The van der Waals surface area contributed by atoms with Crippen molar-refractivity contribution in [3.63, 3.8) is 0 Å². The number of anilines is 3. The second-order valence-electron chi connectivity index (χ2n) is 24.5. The van der Waals surface area contributed by atoms with Gasteiger partial charge in [-0.15, -0.1) is 46.7 Å². The number of thioether (sulfide) groups is 2. The highest BCUT2D eigenvalue weighted by Crippen LogP contribution is 2.48. The van der Waals surface area contributed by atoms with Crippen molar-refractivity contribution in [1.82, 2.24) is 26.6 Å². The molecule has 534 valence electrons. The van der Waals surface area contributed by atoms with Crippen LogP contribution in [0.3, 0.4) is 0 Å². The molecular weight excluding hydrogens is 1380 g/mol. The molecule has 0 aromatic heterocycles. The molecule has 31 heteroatoms. The average Bonchev–Trinajstić information content (AvgIpc) is 1.57. The van der Waals surface area contributed by atoms with Gasteiger partial charge in [-0.3, -0.25) is 57.5 Å². The van der Waals surface area contributed by atoms with E-state index in [-0.39, 0.29) is 144 Å². The largest absolute Gasteiger partial charge is 0.478 e. The molecule has 8 rings (SSSR count). The number of nitrogens with zero attached hydrogens (tertiary/aromatic N) is 2. The van der Waals surface area contributed by atoms with Crippen LogP contribution in [0.4, 0.5) is 17.1 Å². The molecule has 8 N–H and O–H groups in total. The van der Waals surface area contributed by atoms with Crippen molar-refractivity contribution in [3.05, 3.63) is 93.8 Å². The number of Topliss-reactive ketones (excluding diaryl/α,β-unsaturated/α-hetero) is 3. The molecule has 0 saturated carbocycles. The van der Waals surface area contributed by atoms with Crippen molar-refractivity contribution < 1.29 is 91.5 Å². The highest BCUT2D eigenvalue weighted by Gasteiger charge is 2.40. The first-order valence-electron chi connectivity index (χ1n) is 32.5. The van der Waals surface area contributed by atoms with Crippen molar-refractivity contribution in [1.29, 1.82) is 0 Å². The summed E-state index contributed by atoms with van der Waals surface area (Å²) in [5.74, 6) is -13.5. The molecule has 4 aromatic rings. The molecule has 8 unspecified atom stereocenters. The predicted octanol–water partition coefficient (Wildman–Crippen LogP) is 5.88. The fourth-order valence-electron chi connectivity index (χ4n) is 12.0. The molecule has 4 aliphatic heterocycles. The van der Waals surface area contributed by atoms with E-state index >= 15 is 0 Å². The summed E-state index contributed by atoms with van der Waals surface area (Å²) < 4.78 is 17.2. The van der Waals surface area contributed by atoms with Crippen molar-refractivity contribution >= 4 is 168 Å². The van der Waals surface area contributed by atoms with Gasteiger partial charge in [-0.05, 0) is 54.7 Å². The molecule has 0 aliphatic carbocycles. The number of carboxylic acid groups (broad SMARTS) is 2. The highest BCUT2D eigenvalue weighted by atomic mass is 35.5. The third-order valence-corrected chi connectivity index (χ3v) is 20.1. The molecule has 8 atom stereocenters. The van der Waals surface area contributed by atoms with Crippen LogP contribution in [-0.2, 0) is 76.6 Å². The van der Waals surface area contributed by atoms with Gasteiger partial charge in [-0.25, -0.2) is 9.59 Å². The van der Waals surface area contributed by atoms with Gasteiger partial charge < -0.3 is 66.1 Å². The van der Waals surface area contributed by atoms with Crippen LogP contribution in [0.15, 0.2) is 82.6 Å². The van der Waals surface area contributed by atoms with Crippen molar-refractivity contribution in [2.24, 2.45) is 11.8 Å². The zero-order chi connectivity index (χ0) is 72.5. The van der Waals surface area contributed by atoms with Crippen molar-refractivity contribution in [2.75, 3.05) is 78.0 Å². The average molecular weight is 1460 g/mol. The normalized spacial score (nSPS) is 25.3. The van der Waals surface area contributed by atoms with Crippen LogP contribution in [0.2, 0.25) is 0 Å². The summed E-state index contributed by atoms with van der Waals surface area (Å²) in [5, 5.41) is 36.9. The molecule has 0 radical (unpaired) electrons. The first-order chi connectivity index (χ1) is 47.8. The smallest absolute Gasteiger partial charge is 0.329 e. The molecule has 1 fully saturated rings. The number of ether oxygens (including phenoxy) is 3. The molecule has 1 saturated heterocycles. The van der Waals surface area contributed by atoms with Crippen LogP contribution in [-0.4, -0.2) is 180 Å². The number of rotatable bonds is 4. The van der Waals surface area contributed by atoms with Crippen LogP contribution >= 0.6 is 46.7 Å². The summed E-state index contributed by atoms with van der Waals surface area (Å²) >= 11 is 14.4. The monoisotopic (exact) mass is 1460 g/mol. The Labute approximate surface area is 593 Å². The fraction of sp³-hybridized carbons (Fsp3) is 0.449. The number of carbonyl (C=O) groups excluding carboxylic acids is 12. The minimum Gasteiger partial charge on any atom is -0.478 e. The number of esters is 1. The van der Waals surface area contributed by atoms with Gasteiger partial charge in [0, 0.05) is 140 Å². The van der Waals surface area contributed by atoms with Gasteiger partial charge >= 0.3 is 17.9 Å². The zero-order valence-electron chi connectivity index (χ0n) is 55.3. The molecule has 27 nitrogen and oxygen atoms in total. The minimum absolute atomic E-state index is 0.0412. The third kappa shape index (κ3) is 19.8. The number of aliphatic carboxylic acids is 2. The van der Waals surface area contributed by atoms with E-state index in [4.69, 9.17) is 37.4 Å². The quantitative estimate of drug-likeness (QED) is 0.0511. The van der Waals surface area contributed by atoms with E-state index in [9.17, 15) is 77.3 Å². The van der Waals surface area contributed by atoms with Crippen LogP contribution in [0.1, 0.15) is 108 Å². The Hall–Kier alpha value is -8.74. The lowest BCUT2D eigenvalue weighted by atomic mass is 9.94. The number of amides is 8. The standard InChI is InChI=1S/C69H78Cl2N8O19S2/c1-36-25-50(81)38(3)73-55(83)18-22-96-21-10-15-49(80)63-64(77-67(93)54(30-60(89)90)100-35-99-53(29-59(87)88)66(92)76-63)68(94)72-20-24-97-23-19-56(84)74-39(4)51(82)26-37(2)69(95)98-52-28-48-62(45-14-8-6-12-43(45)52)41(32-71)34-79(48)58(86)17-9-16-57(85)78-33-40(31-70)61-44-13-7-5-11-42(44)46(27-47(61)78)75-65(36)91/h5-8,11-14,27-30,36-41,63-64H,9-10,15-26,31-35H2,1-4H3,(H,72,94)(H,73,83)(H,74,84)(H,75,91)(H,76,92)(H,77,93)(H,87,88)(H,89,90)/b53-29?,54-30+. The number of halogens is 2. The summed E-state index contributed by atoms with van der Waals surface area (Å²) in [4.78, 5) is 191. The number of carbonyl (C=O) groups is 14. The van der Waals surface area contributed by atoms with E-state index in [1.165, 1.54) is 20.8 Å². The van der Waals surface area contributed by atoms with Crippen molar-refractivity contribution in [3.8, 4) is 5.75 Å². The Bertz CT molecular complexity index is 3720. The van der Waals surface area contributed by atoms with E-state index in [2.05, 4.69) is 31.9 Å². The number of fused-ring (bicyclic) bond motifs is 9. The van der Waals surface area contributed by atoms with Gasteiger partial charge in [-0.2, -0.15) is 0 Å². The molecule has 0 spiro atoms. The lowest BCUT2D eigenvalue weighted by Gasteiger charge is -2.27. The Morgan fingerprint density at radius 3 is 1.59 bits per heavy atom. The number of hydrogen-bond donors (Lipinski definition) is 8. The first-order valence-corrected chi connectivity index (χ1v) is 35.6. The van der Waals surface area contributed by atoms with E-state index in [0.717, 1.165) is 16.5 Å². The SMILES string of the molecule is CC1CC(=O)C(C)NC(=O)CCOCCCC(=O)C2NC(=O)C(=CC(=O)O)SCS/C(=C/C(=O)O)C(=O)NC2C(=O)NCCOCCC(=O)NC(C)C(=O)CC(C)C(=O)Oc2cc3c(c4ccccc24)C(CCl)CN3C(=O)CCCC(=O)N2CC(CCl)c3c2cc(c2ccccc32)NC1=O. The predicted molar refractivity (Wildman–Crippen MR) is 374 cm³/mol. The molecular formula is C69H78Cl2N8O19S2. The summed E-state index contributed by atoms with van der Waals surface area (Å²) in [6.07, 6.45) is -0.549. The molecule has 100 heavy (non-hydrogen) atoms. The maximum atomic E-state index is 14.4. The third-order valence-electron chi connectivity index (χ3n) is 17.2. The number of ketones is 3. The summed E-state index contributed by atoms with van der Waals surface area (Å²) in [6, 6.07) is 11.8. The van der Waals surface area contributed by atoms with E-state index in [1.54, 1.807) is 53.1 Å².